The van der Waals surface area contributed by atoms with Crippen molar-refractivity contribution in [2.45, 2.75) is 58.9 Å². The number of benzene rings is 1. The molecule has 5 heteroatoms. The zero-order valence-electron chi connectivity index (χ0n) is 17.6. The highest BCUT2D eigenvalue weighted by Crippen LogP contribution is 2.31. The van der Waals surface area contributed by atoms with E-state index >= 15 is 0 Å². The number of piperidine rings is 2. The van der Waals surface area contributed by atoms with Crippen molar-refractivity contribution in [1.82, 2.24) is 9.80 Å². The fourth-order valence-corrected chi connectivity index (χ4v) is 4.69. The predicted molar refractivity (Wildman–Crippen MR) is 109 cm³/mol. The fraction of sp³-hybridized carbons (Fsp3) is 0.739. The van der Waals surface area contributed by atoms with Gasteiger partial charge in [-0.25, -0.2) is 8.78 Å². The van der Waals surface area contributed by atoms with E-state index in [2.05, 4.69) is 29.7 Å². The molecule has 0 spiro atoms. The van der Waals surface area contributed by atoms with Crippen LogP contribution in [0.3, 0.4) is 0 Å². The lowest BCUT2D eigenvalue weighted by Crippen LogP contribution is -2.39. The summed E-state index contributed by atoms with van der Waals surface area (Å²) in [7, 11) is 0. The zero-order chi connectivity index (χ0) is 20.1. The van der Waals surface area contributed by atoms with Crippen molar-refractivity contribution >= 4 is 0 Å². The lowest BCUT2D eigenvalue weighted by molar-refractivity contribution is -0.0567. The van der Waals surface area contributed by atoms with Crippen LogP contribution in [-0.2, 0) is 6.54 Å². The van der Waals surface area contributed by atoms with E-state index in [0.29, 0.717) is 26.2 Å². The Morgan fingerprint density at radius 1 is 1.11 bits per heavy atom. The number of halogens is 2. The van der Waals surface area contributed by atoms with Crippen LogP contribution in [-0.4, -0.2) is 55.1 Å². The van der Waals surface area contributed by atoms with Gasteiger partial charge in [0.25, 0.3) is 5.92 Å². The Hall–Kier alpha value is -1.20. The molecule has 0 amide bonds. The SMILES string of the molecule is Cc1c[c]cc(CN2CCC(F)(F)CC2)c1OCCCN1CC(C)CC(C)C1. The van der Waals surface area contributed by atoms with Gasteiger partial charge >= 0.3 is 0 Å². The summed E-state index contributed by atoms with van der Waals surface area (Å²) in [5.41, 5.74) is 2.13. The van der Waals surface area contributed by atoms with Crippen molar-refractivity contribution in [3.05, 3.63) is 29.3 Å². The van der Waals surface area contributed by atoms with Gasteiger partial charge in [0.2, 0.25) is 0 Å². The molecule has 2 aliphatic heterocycles. The van der Waals surface area contributed by atoms with Crippen molar-refractivity contribution in [1.29, 1.82) is 0 Å². The molecular formula is C23H35F2N2O. The Labute approximate surface area is 169 Å². The van der Waals surface area contributed by atoms with E-state index < -0.39 is 5.92 Å². The van der Waals surface area contributed by atoms with E-state index in [1.54, 1.807) is 0 Å². The number of ether oxygens (including phenoxy) is 1. The number of rotatable bonds is 7. The number of nitrogens with zero attached hydrogens (tertiary/aromatic N) is 2. The van der Waals surface area contributed by atoms with Crippen LogP contribution in [0.4, 0.5) is 8.78 Å². The highest BCUT2D eigenvalue weighted by molar-refractivity contribution is 5.40. The molecule has 3 rings (SSSR count). The van der Waals surface area contributed by atoms with E-state index in [-0.39, 0.29) is 12.8 Å². The van der Waals surface area contributed by atoms with E-state index in [4.69, 9.17) is 4.74 Å². The third-order valence-electron chi connectivity index (χ3n) is 6.00. The van der Waals surface area contributed by atoms with Crippen LogP contribution in [0.25, 0.3) is 0 Å². The van der Waals surface area contributed by atoms with Gasteiger partial charge < -0.3 is 9.64 Å². The molecule has 2 atom stereocenters. The summed E-state index contributed by atoms with van der Waals surface area (Å²) < 4.78 is 33.0. The summed E-state index contributed by atoms with van der Waals surface area (Å²) in [6.07, 6.45) is 2.24. The minimum absolute atomic E-state index is 0.0502. The molecule has 28 heavy (non-hydrogen) atoms. The van der Waals surface area contributed by atoms with E-state index in [9.17, 15) is 8.78 Å². The number of alkyl halides is 2. The summed E-state index contributed by atoms with van der Waals surface area (Å²) in [6.45, 7) is 12.4. The Bertz CT molecular complexity index is 617. The second-order valence-electron chi connectivity index (χ2n) is 9.03. The maximum atomic E-state index is 13.4. The van der Waals surface area contributed by atoms with Crippen LogP contribution in [0.15, 0.2) is 12.1 Å². The van der Waals surface area contributed by atoms with Gasteiger partial charge in [-0.3, -0.25) is 4.90 Å². The van der Waals surface area contributed by atoms with Gasteiger partial charge in [0.15, 0.2) is 0 Å². The molecule has 0 aliphatic carbocycles. The number of likely N-dealkylation sites (tertiary alicyclic amines) is 2. The number of hydrogen-bond donors (Lipinski definition) is 0. The molecule has 2 heterocycles. The molecule has 0 aromatic heterocycles. The maximum absolute atomic E-state index is 13.4. The van der Waals surface area contributed by atoms with Gasteiger partial charge in [-0.15, -0.1) is 0 Å². The largest absolute Gasteiger partial charge is 0.493 e. The van der Waals surface area contributed by atoms with Gasteiger partial charge in [-0.05, 0) is 55.4 Å². The predicted octanol–water partition coefficient (Wildman–Crippen LogP) is 4.77. The minimum atomic E-state index is -2.50. The number of hydrogen-bond acceptors (Lipinski definition) is 3. The Kier molecular flexibility index (Phi) is 7.32. The minimum Gasteiger partial charge on any atom is -0.493 e. The van der Waals surface area contributed by atoms with Crippen LogP contribution < -0.4 is 4.74 Å². The van der Waals surface area contributed by atoms with Crippen LogP contribution in [0.5, 0.6) is 5.75 Å². The summed E-state index contributed by atoms with van der Waals surface area (Å²) in [6, 6.07) is 7.05. The van der Waals surface area contributed by atoms with Crippen LogP contribution >= 0.6 is 0 Å². The topological polar surface area (TPSA) is 15.7 Å². The molecule has 157 valence electrons. The second-order valence-corrected chi connectivity index (χ2v) is 9.03. The zero-order valence-corrected chi connectivity index (χ0v) is 17.6. The molecular weight excluding hydrogens is 358 g/mol. The molecule has 3 nitrogen and oxygen atoms in total. The Morgan fingerprint density at radius 3 is 2.46 bits per heavy atom. The van der Waals surface area contributed by atoms with Crippen LogP contribution in [0, 0.1) is 24.8 Å². The smallest absolute Gasteiger partial charge is 0.250 e. The molecule has 2 fully saturated rings. The average molecular weight is 394 g/mol. The molecule has 1 aromatic carbocycles. The molecule has 2 aliphatic rings. The highest BCUT2D eigenvalue weighted by atomic mass is 19.3. The first kappa shape index (κ1) is 21.5. The summed E-state index contributed by atoms with van der Waals surface area (Å²) >= 11 is 0. The first-order valence-electron chi connectivity index (χ1n) is 10.8. The molecule has 0 bridgehead atoms. The first-order chi connectivity index (χ1) is 13.3. The Balaban J connectivity index is 1.50. The molecule has 2 saturated heterocycles. The first-order valence-corrected chi connectivity index (χ1v) is 10.8. The maximum Gasteiger partial charge on any atom is 0.250 e. The lowest BCUT2D eigenvalue weighted by Gasteiger charge is -2.35. The van der Waals surface area contributed by atoms with Crippen molar-refractivity contribution in [2.24, 2.45) is 11.8 Å². The molecule has 0 saturated carbocycles. The molecule has 2 unspecified atom stereocenters. The van der Waals surface area contributed by atoms with Crippen molar-refractivity contribution < 1.29 is 13.5 Å². The van der Waals surface area contributed by atoms with E-state index in [0.717, 1.165) is 41.7 Å². The van der Waals surface area contributed by atoms with Gasteiger partial charge in [-0.2, -0.15) is 0 Å². The van der Waals surface area contributed by atoms with Gasteiger partial charge in [0.1, 0.15) is 5.75 Å². The van der Waals surface area contributed by atoms with Crippen LogP contribution in [0.2, 0.25) is 0 Å². The van der Waals surface area contributed by atoms with Crippen molar-refractivity contribution in [3.8, 4) is 5.75 Å². The molecule has 0 N–H and O–H groups in total. The fourth-order valence-electron chi connectivity index (χ4n) is 4.69. The van der Waals surface area contributed by atoms with Crippen LogP contribution in [0.1, 0.15) is 50.7 Å². The van der Waals surface area contributed by atoms with Crippen molar-refractivity contribution in [2.75, 3.05) is 39.3 Å². The van der Waals surface area contributed by atoms with E-state index in [1.165, 1.54) is 19.5 Å². The normalized spacial score (nSPS) is 26.3. The van der Waals surface area contributed by atoms with Crippen molar-refractivity contribution in [3.63, 3.8) is 0 Å². The van der Waals surface area contributed by atoms with Gasteiger partial charge in [0, 0.05) is 57.7 Å². The second kappa shape index (κ2) is 9.53. The number of aryl methyl sites for hydroxylation is 1. The lowest BCUT2D eigenvalue weighted by atomic mass is 9.92. The van der Waals surface area contributed by atoms with Gasteiger partial charge in [-0.1, -0.05) is 13.8 Å². The Morgan fingerprint density at radius 2 is 1.79 bits per heavy atom. The highest BCUT2D eigenvalue weighted by Gasteiger charge is 2.34. The monoisotopic (exact) mass is 393 g/mol. The summed E-state index contributed by atoms with van der Waals surface area (Å²) in [5.74, 6) is -0.0329. The third kappa shape index (κ3) is 6.15. The van der Waals surface area contributed by atoms with E-state index in [1.807, 2.05) is 19.1 Å². The molecule has 1 radical (unpaired) electrons. The molecule has 1 aromatic rings. The average Bonchev–Trinajstić information content (AvgIpc) is 2.61. The summed E-state index contributed by atoms with van der Waals surface area (Å²) in [5, 5.41) is 0. The van der Waals surface area contributed by atoms with Gasteiger partial charge in [0.05, 0.1) is 6.61 Å². The standard InChI is InChI=1S/C23H35F2N2O/c1-18-14-19(2)16-27(15-18)10-5-13-28-22-20(3)6-4-7-21(22)17-26-11-8-23(24,25)9-12-26/h6-7,18-19H,5,8-17H2,1-3H3. The third-order valence-corrected chi connectivity index (χ3v) is 6.00. The summed E-state index contributed by atoms with van der Waals surface area (Å²) in [4.78, 5) is 4.66. The quantitative estimate of drug-likeness (QED) is 0.621.